The van der Waals surface area contributed by atoms with Gasteiger partial charge in [0.1, 0.15) is 0 Å². The minimum atomic E-state index is -3.98. The third kappa shape index (κ3) is 4.78. The predicted molar refractivity (Wildman–Crippen MR) is 91.2 cm³/mol. The van der Waals surface area contributed by atoms with Crippen molar-refractivity contribution in [3.8, 4) is 0 Å². The van der Waals surface area contributed by atoms with E-state index in [2.05, 4.69) is 4.72 Å². The average molecular weight is 390 g/mol. The smallest absolute Gasteiger partial charge is 0.304 e. The van der Waals surface area contributed by atoms with E-state index in [9.17, 15) is 21.6 Å². The van der Waals surface area contributed by atoms with E-state index in [1.807, 2.05) is 0 Å². The quantitative estimate of drug-likeness (QED) is 0.714. The summed E-state index contributed by atoms with van der Waals surface area (Å²) in [5.41, 5.74) is 0.468. The molecule has 0 bridgehead atoms. The van der Waals surface area contributed by atoms with E-state index < -0.39 is 26.0 Å². The van der Waals surface area contributed by atoms with Crippen LogP contribution in [0.4, 0.5) is 0 Å². The van der Waals surface area contributed by atoms with E-state index in [4.69, 9.17) is 5.11 Å². The van der Waals surface area contributed by atoms with Gasteiger partial charge < -0.3 is 5.11 Å². The molecule has 0 spiro atoms. The van der Waals surface area contributed by atoms with Crippen LogP contribution in [0, 0.1) is 6.92 Å². The number of hydrogen-bond donors (Lipinski definition) is 2. The Labute approximate surface area is 147 Å². The Morgan fingerprint density at radius 2 is 1.80 bits per heavy atom. The lowest BCUT2D eigenvalue weighted by atomic mass is 10.2. The average Bonchev–Trinajstić information content (AvgIpc) is 2.55. The van der Waals surface area contributed by atoms with Crippen LogP contribution in [0.15, 0.2) is 28.0 Å². The van der Waals surface area contributed by atoms with Crippen molar-refractivity contribution in [1.82, 2.24) is 9.03 Å². The van der Waals surface area contributed by atoms with E-state index in [1.54, 1.807) is 6.92 Å². The molecular formula is C15H22N2O6S2. The number of aliphatic carboxylic acids is 1. The summed E-state index contributed by atoms with van der Waals surface area (Å²) in [4.78, 5) is 10.3. The van der Waals surface area contributed by atoms with E-state index in [1.165, 1.54) is 16.4 Å². The van der Waals surface area contributed by atoms with Crippen LogP contribution >= 0.6 is 0 Å². The fourth-order valence-corrected chi connectivity index (χ4v) is 5.55. The van der Waals surface area contributed by atoms with Crippen molar-refractivity contribution in [2.45, 2.75) is 42.4 Å². The van der Waals surface area contributed by atoms with Crippen LogP contribution in [0.3, 0.4) is 0 Å². The van der Waals surface area contributed by atoms with Gasteiger partial charge in [0, 0.05) is 19.6 Å². The van der Waals surface area contributed by atoms with Crippen molar-refractivity contribution in [1.29, 1.82) is 0 Å². The van der Waals surface area contributed by atoms with Gasteiger partial charge in [0.25, 0.3) is 0 Å². The second-order valence-electron chi connectivity index (χ2n) is 5.93. The maximum absolute atomic E-state index is 12.8. The van der Waals surface area contributed by atoms with Crippen molar-refractivity contribution in [3.05, 3.63) is 23.8 Å². The molecule has 1 aliphatic heterocycles. The molecule has 1 fully saturated rings. The third-order valence-electron chi connectivity index (χ3n) is 4.03. The van der Waals surface area contributed by atoms with Crippen LogP contribution < -0.4 is 4.72 Å². The SMILES string of the molecule is Cc1ccc(S(=O)(=O)NCCC(=O)O)cc1S(=O)(=O)N1CCCCC1. The topological polar surface area (TPSA) is 121 Å². The molecule has 0 atom stereocenters. The molecule has 1 aromatic rings. The highest BCUT2D eigenvalue weighted by molar-refractivity contribution is 7.90. The number of nitrogens with one attached hydrogen (secondary N) is 1. The first-order valence-corrected chi connectivity index (χ1v) is 10.9. The number of sulfonamides is 2. The molecule has 0 unspecified atom stereocenters. The van der Waals surface area contributed by atoms with Crippen molar-refractivity contribution in [2.75, 3.05) is 19.6 Å². The highest BCUT2D eigenvalue weighted by atomic mass is 32.2. The second kappa shape index (κ2) is 7.81. The molecule has 1 heterocycles. The first kappa shape index (κ1) is 19.8. The number of benzene rings is 1. The standard InChI is InChI=1S/C15H22N2O6S2/c1-12-5-6-13(24(20,21)16-8-7-15(18)19)11-14(12)25(22,23)17-9-3-2-4-10-17/h5-6,11,16H,2-4,7-10H2,1H3,(H,18,19). The van der Waals surface area contributed by atoms with Crippen LogP contribution in [0.1, 0.15) is 31.2 Å². The minimum absolute atomic E-state index is 0.0319. The number of carboxylic acids is 1. The number of carbonyl (C=O) groups is 1. The molecule has 25 heavy (non-hydrogen) atoms. The van der Waals surface area contributed by atoms with Crippen molar-refractivity contribution < 1.29 is 26.7 Å². The Hall–Kier alpha value is -1.49. The van der Waals surface area contributed by atoms with E-state index in [0.717, 1.165) is 25.3 Å². The summed E-state index contributed by atoms with van der Waals surface area (Å²) in [6.07, 6.45) is 2.19. The second-order valence-corrected chi connectivity index (χ2v) is 9.61. The van der Waals surface area contributed by atoms with Crippen molar-refractivity contribution in [2.24, 2.45) is 0 Å². The monoisotopic (exact) mass is 390 g/mol. The zero-order chi connectivity index (χ0) is 18.7. The zero-order valence-electron chi connectivity index (χ0n) is 13.9. The maximum atomic E-state index is 12.8. The lowest BCUT2D eigenvalue weighted by Crippen LogP contribution is -2.36. The van der Waals surface area contributed by atoms with E-state index in [-0.39, 0.29) is 22.8 Å². The Balaban J connectivity index is 2.32. The summed E-state index contributed by atoms with van der Waals surface area (Å²) in [6.45, 7) is 2.20. The predicted octanol–water partition coefficient (Wildman–Crippen LogP) is 0.923. The normalized spacial score (nSPS) is 16.7. The number of piperidine rings is 1. The van der Waals surface area contributed by atoms with Crippen molar-refractivity contribution >= 4 is 26.0 Å². The Bertz CT molecular complexity index is 843. The van der Waals surface area contributed by atoms with Gasteiger partial charge in [-0.1, -0.05) is 12.5 Å². The number of rotatable bonds is 7. The van der Waals surface area contributed by atoms with Gasteiger partial charge in [-0.25, -0.2) is 21.6 Å². The molecule has 0 aromatic heterocycles. The first-order valence-electron chi connectivity index (χ1n) is 7.97. The lowest BCUT2D eigenvalue weighted by Gasteiger charge is -2.26. The fraction of sp³-hybridized carbons (Fsp3) is 0.533. The molecular weight excluding hydrogens is 368 g/mol. The molecule has 0 aliphatic carbocycles. The van der Waals surface area contributed by atoms with Gasteiger partial charge in [0.15, 0.2) is 0 Å². The molecule has 8 nitrogen and oxygen atoms in total. The summed E-state index contributed by atoms with van der Waals surface area (Å²) in [5, 5.41) is 8.59. The van der Waals surface area contributed by atoms with E-state index >= 15 is 0 Å². The maximum Gasteiger partial charge on any atom is 0.304 e. The molecule has 10 heteroatoms. The highest BCUT2D eigenvalue weighted by Gasteiger charge is 2.28. The number of carboxylic acid groups (broad SMARTS) is 1. The zero-order valence-corrected chi connectivity index (χ0v) is 15.6. The number of nitrogens with zero attached hydrogens (tertiary/aromatic N) is 1. The van der Waals surface area contributed by atoms with Gasteiger partial charge in [0.2, 0.25) is 20.0 Å². The number of hydrogen-bond acceptors (Lipinski definition) is 5. The summed E-state index contributed by atoms with van der Waals surface area (Å²) in [6, 6.07) is 3.90. The Kier molecular flexibility index (Phi) is 6.20. The van der Waals surface area contributed by atoms with Gasteiger partial charge in [-0.05, 0) is 37.5 Å². The van der Waals surface area contributed by atoms with Crippen LogP contribution in [0.25, 0.3) is 0 Å². The molecule has 0 amide bonds. The summed E-state index contributed by atoms with van der Waals surface area (Å²) in [5.74, 6) is -1.13. The van der Waals surface area contributed by atoms with Gasteiger partial charge >= 0.3 is 5.97 Å². The van der Waals surface area contributed by atoms with Crippen LogP contribution in [-0.2, 0) is 24.8 Å². The van der Waals surface area contributed by atoms with Crippen LogP contribution in [0.5, 0.6) is 0 Å². The van der Waals surface area contributed by atoms with Crippen LogP contribution in [-0.4, -0.2) is 51.9 Å². The van der Waals surface area contributed by atoms with Gasteiger partial charge in [0.05, 0.1) is 16.2 Å². The fourth-order valence-electron chi connectivity index (χ4n) is 2.65. The van der Waals surface area contributed by atoms with Gasteiger partial charge in [-0.2, -0.15) is 4.31 Å². The molecule has 1 saturated heterocycles. The molecule has 1 aromatic carbocycles. The lowest BCUT2D eigenvalue weighted by molar-refractivity contribution is -0.136. The minimum Gasteiger partial charge on any atom is -0.481 e. The molecule has 1 aliphatic rings. The molecule has 0 saturated carbocycles. The molecule has 0 radical (unpaired) electrons. The van der Waals surface area contributed by atoms with Crippen molar-refractivity contribution in [3.63, 3.8) is 0 Å². The summed E-state index contributed by atoms with van der Waals surface area (Å²) >= 11 is 0. The molecule has 2 rings (SSSR count). The Morgan fingerprint density at radius 1 is 1.16 bits per heavy atom. The largest absolute Gasteiger partial charge is 0.481 e. The Morgan fingerprint density at radius 3 is 2.40 bits per heavy atom. The molecule has 140 valence electrons. The van der Waals surface area contributed by atoms with E-state index in [0.29, 0.717) is 18.7 Å². The summed E-state index contributed by atoms with van der Waals surface area (Å²) < 4.78 is 53.7. The highest BCUT2D eigenvalue weighted by Crippen LogP contribution is 2.25. The number of aryl methyl sites for hydroxylation is 1. The first-order chi connectivity index (χ1) is 11.6. The van der Waals surface area contributed by atoms with Crippen LogP contribution in [0.2, 0.25) is 0 Å². The summed E-state index contributed by atoms with van der Waals surface area (Å²) in [7, 11) is -7.74. The molecule has 2 N–H and O–H groups in total. The van der Waals surface area contributed by atoms with Gasteiger partial charge in [-0.15, -0.1) is 0 Å². The third-order valence-corrected chi connectivity index (χ3v) is 7.53. The van der Waals surface area contributed by atoms with Gasteiger partial charge in [-0.3, -0.25) is 4.79 Å².